The summed E-state index contributed by atoms with van der Waals surface area (Å²) < 4.78 is 1.31. The molecule has 0 fully saturated rings. The van der Waals surface area contributed by atoms with E-state index in [0.717, 1.165) is 0 Å². The van der Waals surface area contributed by atoms with Gasteiger partial charge in [0.25, 0.3) is 0 Å². The van der Waals surface area contributed by atoms with E-state index in [1.807, 2.05) is 39.9 Å². The third kappa shape index (κ3) is 2.33. The molecule has 0 heterocycles. The van der Waals surface area contributed by atoms with Gasteiger partial charge in [0.2, 0.25) is 0 Å². The van der Waals surface area contributed by atoms with Crippen LogP contribution in [0.15, 0.2) is 30.8 Å². The maximum absolute atomic E-state index is 3.70. The molecule has 0 unspecified atom stereocenters. The molecule has 0 radical (unpaired) electrons. The first-order valence-corrected chi connectivity index (χ1v) is 3.58. The third-order valence-corrected chi connectivity index (χ3v) is 1.92. The average Bonchev–Trinajstić information content (AvgIpc) is 1.89. The Hall–Kier alpha value is 0.0162. The van der Waals surface area contributed by atoms with Crippen molar-refractivity contribution in [2.24, 2.45) is 0 Å². The molecular weight excluding hydrogens is 156 g/mol. The molecule has 2 heteroatoms. The minimum absolute atomic E-state index is 0. The van der Waals surface area contributed by atoms with Gasteiger partial charge in [-0.15, -0.1) is 0 Å². The van der Waals surface area contributed by atoms with Gasteiger partial charge < -0.3 is 12.4 Å². The van der Waals surface area contributed by atoms with E-state index in [-0.39, 0.29) is 12.4 Å². The zero-order valence-electron chi connectivity index (χ0n) is 5.68. The molecule has 10 heavy (non-hydrogen) atoms. The number of hydrogen-bond donors (Lipinski definition) is 0. The average molecular weight is 163 g/mol. The van der Waals surface area contributed by atoms with Crippen LogP contribution in [-0.4, -0.2) is 21.7 Å². The van der Waals surface area contributed by atoms with Crippen LogP contribution in [0.2, 0.25) is 0 Å². The summed E-state index contributed by atoms with van der Waals surface area (Å²) in [5.74, 6) is 0. The van der Waals surface area contributed by atoms with E-state index in [1.54, 1.807) is 0 Å². The summed E-state index contributed by atoms with van der Waals surface area (Å²) in [6.07, 6.45) is 1.88. The zero-order valence-corrected chi connectivity index (χ0v) is 7.85. The molecule has 0 aliphatic heterocycles. The monoisotopic (exact) mass is 162 g/mol. The van der Waals surface area contributed by atoms with Crippen molar-refractivity contribution >= 4 is 31.5 Å². The standard InChI is InChI=1S/C8H7.ClH.Mg/c1-2-8-6-4-3-5-7-8;;/h2-6H,1H2;1H;/q;;+1/p-1. The molecule has 1 aromatic carbocycles. The Bertz CT molecular complexity index is 220. The summed E-state index contributed by atoms with van der Waals surface area (Å²) in [6, 6.07) is 8.22. The van der Waals surface area contributed by atoms with Crippen LogP contribution in [0.3, 0.4) is 0 Å². The molecule has 0 aliphatic carbocycles. The second-order valence-electron chi connectivity index (χ2n) is 1.90. The van der Waals surface area contributed by atoms with Crippen molar-refractivity contribution < 1.29 is 12.4 Å². The third-order valence-electron chi connectivity index (χ3n) is 1.28. The van der Waals surface area contributed by atoms with Crippen LogP contribution in [0.1, 0.15) is 5.56 Å². The van der Waals surface area contributed by atoms with Crippen LogP contribution in [0.4, 0.5) is 0 Å². The Morgan fingerprint density at radius 3 is 2.30 bits per heavy atom. The molecule has 1 rings (SSSR count). The van der Waals surface area contributed by atoms with Crippen molar-refractivity contribution in [2.75, 3.05) is 0 Å². The second-order valence-corrected chi connectivity index (χ2v) is 2.66. The van der Waals surface area contributed by atoms with Crippen molar-refractivity contribution in [3.63, 3.8) is 0 Å². The molecule has 0 atom stereocenters. The van der Waals surface area contributed by atoms with E-state index >= 15 is 0 Å². The van der Waals surface area contributed by atoms with E-state index in [2.05, 4.69) is 18.7 Å². The first-order valence-electron chi connectivity index (χ1n) is 2.88. The fraction of sp³-hybridized carbons (Fsp3) is 0. The van der Waals surface area contributed by atoms with Gasteiger partial charge in [-0.25, -0.2) is 0 Å². The largest absolute Gasteiger partial charge is 1.00 e. The second kappa shape index (κ2) is 4.77. The molecule has 0 N–H and O–H groups in total. The van der Waals surface area contributed by atoms with Crippen LogP contribution < -0.4 is 16.1 Å². The van der Waals surface area contributed by atoms with Crippen LogP contribution >= 0.6 is 0 Å². The Morgan fingerprint density at radius 1 is 1.30 bits per heavy atom. The maximum atomic E-state index is 3.70. The summed E-state index contributed by atoms with van der Waals surface area (Å²) in [5.41, 5.74) is 1.23. The molecular formula is C8H7ClMg. The first kappa shape index (κ1) is 10.0. The Morgan fingerprint density at radius 2 is 1.90 bits per heavy atom. The summed E-state index contributed by atoms with van der Waals surface area (Å²) in [6.45, 7) is 3.70. The van der Waals surface area contributed by atoms with Crippen LogP contribution in [-0.2, 0) is 0 Å². The predicted octanol–water partition coefficient (Wildman–Crippen LogP) is -1.87. The molecule has 48 valence electrons. The number of hydrogen-bond acceptors (Lipinski definition) is 0. The molecule has 0 spiro atoms. The van der Waals surface area contributed by atoms with Crippen molar-refractivity contribution in [3.05, 3.63) is 36.4 Å². The van der Waals surface area contributed by atoms with Gasteiger partial charge in [0.15, 0.2) is 0 Å². The van der Waals surface area contributed by atoms with Gasteiger partial charge in [0.05, 0.1) is 0 Å². The summed E-state index contributed by atoms with van der Waals surface area (Å²) in [4.78, 5) is 0. The number of halogens is 1. The predicted molar refractivity (Wildman–Crippen MR) is 41.9 cm³/mol. The van der Waals surface area contributed by atoms with E-state index in [9.17, 15) is 0 Å². The first-order chi connectivity index (χ1) is 4.34. The van der Waals surface area contributed by atoms with Gasteiger partial charge in [0, 0.05) is 0 Å². The molecule has 0 bridgehead atoms. The topological polar surface area (TPSA) is 0 Å². The van der Waals surface area contributed by atoms with Crippen molar-refractivity contribution in [1.29, 1.82) is 0 Å². The zero-order chi connectivity index (χ0) is 6.69. The minimum Gasteiger partial charge on any atom is -1.00 e. The summed E-state index contributed by atoms with van der Waals surface area (Å²) >= 11 is 1.89. The molecule has 1 aromatic rings. The van der Waals surface area contributed by atoms with Crippen molar-refractivity contribution in [1.82, 2.24) is 0 Å². The molecule has 0 aromatic heterocycles. The molecule has 0 nitrogen and oxygen atoms in total. The number of benzene rings is 1. The normalized spacial score (nSPS) is 8.20. The van der Waals surface area contributed by atoms with Crippen molar-refractivity contribution in [2.45, 2.75) is 0 Å². The van der Waals surface area contributed by atoms with Gasteiger partial charge in [-0.05, 0) is 0 Å². The van der Waals surface area contributed by atoms with E-state index < -0.39 is 0 Å². The van der Waals surface area contributed by atoms with Gasteiger partial charge in [-0.2, -0.15) is 0 Å². The van der Waals surface area contributed by atoms with Gasteiger partial charge in [-0.1, -0.05) is 0 Å². The molecule has 0 amide bonds. The van der Waals surface area contributed by atoms with Gasteiger partial charge >= 0.3 is 67.9 Å². The number of rotatable bonds is 1. The molecule has 0 aliphatic rings. The van der Waals surface area contributed by atoms with Gasteiger partial charge in [-0.3, -0.25) is 0 Å². The smallest absolute Gasteiger partial charge is 1.00 e. The minimum atomic E-state index is 0. The van der Waals surface area contributed by atoms with Crippen molar-refractivity contribution in [3.8, 4) is 0 Å². The fourth-order valence-corrected chi connectivity index (χ4v) is 1.13. The van der Waals surface area contributed by atoms with Crippen LogP contribution in [0, 0.1) is 0 Å². The molecule has 0 saturated carbocycles. The molecule has 0 saturated heterocycles. The van der Waals surface area contributed by atoms with E-state index in [4.69, 9.17) is 0 Å². The quantitative estimate of drug-likeness (QED) is 0.425. The van der Waals surface area contributed by atoms with Gasteiger partial charge in [0.1, 0.15) is 0 Å². The van der Waals surface area contributed by atoms with E-state index in [0.29, 0.717) is 0 Å². The Kier molecular flexibility index (Phi) is 4.78. The Labute approximate surface area is 80.2 Å². The van der Waals surface area contributed by atoms with Crippen LogP contribution in [0.25, 0.3) is 6.08 Å². The SMILES string of the molecule is C=Cc1cccc[c]1[Mg+].[Cl-]. The summed E-state index contributed by atoms with van der Waals surface area (Å²) in [7, 11) is 0. The maximum Gasteiger partial charge on any atom is -1.00 e. The van der Waals surface area contributed by atoms with E-state index in [1.165, 1.54) is 9.26 Å². The Balaban J connectivity index is 0.000000810. The summed E-state index contributed by atoms with van der Waals surface area (Å²) in [5, 5.41) is 0. The van der Waals surface area contributed by atoms with Crippen LogP contribution in [0.5, 0.6) is 0 Å². The fourth-order valence-electron chi connectivity index (χ4n) is 0.733.